The summed E-state index contributed by atoms with van der Waals surface area (Å²) in [6, 6.07) is 6.67. The van der Waals surface area contributed by atoms with Crippen LogP contribution in [0.2, 0.25) is 0 Å². The van der Waals surface area contributed by atoms with Crippen molar-refractivity contribution in [1.82, 2.24) is 5.32 Å². The Morgan fingerprint density at radius 1 is 1.32 bits per heavy atom. The molecule has 0 aliphatic carbocycles. The summed E-state index contributed by atoms with van der Waals surface area (Å²) in [4.78, 5) is 0. The predicted octanol–water partition coefficient (Wildman–Crippen LogP) is 3.42. The highest BCUT2D eigenvalue weighted by molar-refractivity contribution is 9.10. The molecular weight excluding hydrogens is 306 g/mol. The topological polar surface area (TPSA) is 41.5 Å². The van der Waals surface area contributed by atoms with E-state index in [2.05, 4.69) is 39.4 Å². The SMILES string of the molecule is OCCCCCNC1CCCOc2cc(Br)ccc21. The number of aliphatic hydroxyl groups excluding tert-OH is 1. The van der Waals surface area contributed by atoms with Crippen LogP contribution in [0.1, 0.15) is 43.7 Å². The van der Waals surface area contributed by atoms with Gasteiger partial charge < -0.3 is 15.2 Å². The first-order valence-electron chi connectivity index (χ1n) is 7.08. The molecule has 0 radical (unpaired) electrons. The van der Waals surface area contributed by atoms with E-state index in [0.717, 1.165) is 55.5 Å². The van der Waals surface area contributed by atoms with Crippen LogP contribution < -0.4 is 10.1 Å². The normalized spacial score (nSPS) is 18.5. The van der Waals surface area contributed by atoms with Crippen molar-refractivity contribution < 1.29 is 9.84 Å². The van der Waals surface area contributed by atoms with Crippen molar-refractivity contribution in [3.8, 4) is 5.75 Å². The van der Waals surface area contributed by atoms with E-state index in [9.17, 15) is 0 Å². The molecule has 3 nitrogen and oxygen atoms in total. The molecule has 1 unspecified atom stereocenters. The van der Waals surface area contributed by atoms with Gasteiger partial charge in [0.25, 0.3) is 0 Å². The van der Waals surface area contributed by atoms with E-state index in [1.165, 1.54) is 5.56 Å². The minimum atomic E-state index is 0.300. The molecule has 2 N–H and O–H groups in total. The molecule has 1 aromatic carbocycles. The minimum Gasteiger partial charge on any atom is -0.493 e. The van der Waals surface area contributed by atoms with Crippen LogP contribution in [0.25, 0.3) is 0 Å². The van der Waals surface area contributed by atoms with Gasteiger partial charge in [-0.1, -0.05) is 22.0 Å². The number of halogens is 1. The molecule has 1 aromatic rings. The molecule has 4 heteroatoms. The van der Waals surface area contributed by atoms with Gasteiger partial charge in [0, 0.05) is 22.7 Å². The highest BCUT2D eigenvalue weighted by atomic mass is 79.9. The first-order valence-corrected chi connectivity index (χ1v) is 7.87. The van der Waals surface area contributed by atoms with E-state index in [-0.39, 0.29) is 0 Å². The van der Waals surface area contributed by atoms with E-state index in [1.54, 1.807) is 0 Å². The number of hydrogen-bond acceptors (Lipinski definition) is 3. The molecule has 19 heavy (non-hydrogen) atoms. The van der Waals surface area contributed by atoms with Gasteiger partial charge in [-0.2, -0.15) is 0 Å². The van der Waals surface area contributed by atoms with Gasteiger partial charge in [0.15, 0.2) is 0 Å². The maximum atomic E-state index is 8.77. The van der Waals surface area contributed by atoms with Gasteiger partial charge in [0.2, 0.25) is 0 Å². The van der Waals surface area contributed by atoms with Crippen LogP contribution >= 0.6 is 15.9 Å². The highest BCUT2D eigenvalue weighted by Gasteiger charge is 2.19. The predicted molar refractivity (Wildman–Crippen MR) is 80.6 cm³/mol. The first kappa shape index (κ1) is 14.8. The lowest BCUT2D eigenvalue weighted by Gasteiger charge is -2.18. The Morgan fingerprint density at radius 2 is 2.21 bits per heavy atom. The number of unbranched alkanes of at least 4 members (excludes halogenated alkanes) is 2. The van der Waals surface area contributed by atoms with Crippen molar-refractivity contribution in [2.45, 2.75) is 38.1 Å². The molecule has 1 aliphatic rings. The summed E-state index contributed by atoms with van der Waals surface area (Å²) in [6.45, 7) is 2.10. The monoisotopic (exact) mass is 327 g/mol. The lowest BCUT2D eigenvalue weighted by molar-refractivity contribution is 0.282. The number of rotatable bonds is 6. The fourth-order valence-corrected chi connectivity index (χ4v) is 2.79. The van der Waals surface area contributed by atoms with Gasteiger partial charge in [-0.25, -0.2) is 0 Å². The van der Waals surface area contributed by atoms with Gasteiger partial charge in [-0.15, -0.1) is 0 Å². The Labute approximate surface area is 123 Å². The Kier molecular flexibility index (Phi) is 6.14. The van der Waals surface area contributed by atoms with Crippen LogP contribution in [-0.4, -0.2) is 24.9 Å². The zero-order valence-corrected chi connectivity index (χ0v) is 12.8. The first-order chi connectivity index (χ1) is 9.31. The molecule has 106 valence electrons. The number of benzene rings is 1. The highest BCUT2D eigenvalue weighted by Crippen LogP contribution is 2.33. The van der Waals surface area contributed by atoms with E-state index >= 15 is 0 Å². The zero-order valence-electron chi connectivity index (χ0n) is 11.2. The Balaban J connectivity index is 1.93. The molecule has 0 saturated heterocycles. The second-order valence-corrected chi connectivity index (χ2v) is 5.88. The van der Waals surface area contributed by atoms with Crippen LogP contribution in [0, 0.1) is 0 Å². The lowest BCUT2D eigenvalue weighted by atomic mass is 10.0. The van der Waals surface area contributed by atoms with Crippen LogP contribution in [0.3, 0.4) is 0 Å². The number of nitrogens with one attached hydrogen (secondary N) is 1. The summed E-state index contributed by atoms with van der Waals surface area (Å²) >= 11 is 3.49. The average Bonchev–Trinajstić information content (AvgIpc) is 2.60. The second kappa shape index (κ2) is 7.88. The Hall–Kier alpha value is -0.580. The van der Waals surface area contributed by atoms with Crippen molar-refractivity contribution in [2.24, 2.45) is 0 Å². The van der Waals surface area contributed by atoms with Gasteiger partial charge in [0.05, 0.1) is 6.61 Å². The van der Waals surface area contributed by atoms with Gasteiger partial charge >= 0.3 is 0 Å². The fraction of sp³-hybridized carbons (Fsp3) is 0.600. The summed E-state index contributed by atoms with van der Waals surface area (Å²) in [7, 11) is 0. The number of ether oxygens (including phenoxy) is 1. The maximum Gasteiger partial charge on any atom is 0.125 e. The summed E-state index contributed by atoms with van der Waals surface area (Å²) in [5.74, 6) is 1.000. The molecule has 0 amide bonds. The number of aliphatic hydroxyl groups is 1. The third-order valence-corrected chi connectivity index (χ3v) is 3.96. The standard InChI is InChI=1S/C15H22BrNO2/c16-12-6-7-13-14(17-8-2-1-3-9-18)5-4-10-19-15(13)11-12/h6-7,11,14,17-18H,1-5,8-10H2. The van der Waals surface area contributed by atoms with Crippen molar-refractivity contribution in [3.05, 3.63) is 28.2 Å². The van der Waals surface area contributed by atoms with Crippen molar-refractivity contribution in [2.75, 3.05) is 19.8 Å². The quantitative estimate of drug-likeness (QED) is 0.787. The molecule has 0 spiro atoms. The van der Waals surface area contributed by atoms with E-state index in [1.807, 2.05) is 0 Å². The average molecular weight is 328 g/mol. The molecule has 1 atom stereocenters. The van der Waals surface area contributed by atoms with Crippen LogP contribution in [0.5, 0.6) is 5.75 Å². The molecule has 0 bridgehead atoms. The largest absolute Gasteiger partial charge is 0.493 e. The molecule has 0 saturated carbocycles. The van der Waals surface area contributed by atoms with Crippen LogP contribution in [0.15, 0.2) is 22.7 Å². The molecule has 2 rings (SSSR count). The Morgan fingerprint density at radius 3 is 3.05 bits per heavy atom. The number of fused-ring (bicyclic) bond motifs is 1. The summed E-state index contributed by atoms with van der Waals surface area (Å²) in [6.07, 6.45) is 5.30. The smallest absolute Gasteiger partial charge is 0.125 e. The molecule has 1 heterocycles. The summed E-state index contributed by atoms with van der Waals surface area (Å²) < 4.78 is 6.87. The second-order valence-electron chi connectivity index (χ2n) is 4.96. The van der Waals surface area contributed by atoms with Gasteiger partial charge in [-0.05, 0) is 50.8 Å². The van der Waals surface area contributed by atoms with Crippen LogP contribution in [-0.2, 0) is 0 Å². The molecular formula is C15H22BrNO2. The molecule has 0 fully saturated rings. The lowest BCUT2D eigenvalue weighted by Crippen LogP contribution is -2.22. The van der Waals surface area contributed by atoms with Crippen molar-refractivity contribution in [3.63, 3.8) is 0 Å². The van der Waals surface area contributed by atoms with Crippen LogP contribution in [0.4, 0.5) is 0 Å². The third kappa shape index (κ3) is 4.48. The summed E-state index contributed by atoms with van der Waals surface area (Å²) in [5.41, 5.74) is 1.27. The van der Waals surface area contributed by atoms with Crippen molar-refractivity contribution in [1.29, 1.82) is 0 Å². The minimum absolute atomic E-state index is 0.300. The third-order valence-electron chi connectivity index (χ3n) is 3.47. The van der Waals surface area contributed by atoms with E-state index < -0.39 is 0 Å². The van der Waals surface area contributed by atoms with Gasteiger partial charge in [-0.3, -0.25) is 0 Å². The molecule has 0 aromatic heterocycles. The zero-order chi connectivity index (χ0) is 13.5. The maximum absolute atomic E-state index is 8.77. The number of hydrogen-bond donors (Lipinski definition) is 2. The van der Waals surface area contributed by atoms with Gasteiger partial charge in [0.1, 0.15) is 5.75 Å². The van der Waals surface area contributed by atoms with Crippen molar-refractivity contribution >= 4 is 15.9 Å². The Bertz CT molecular complexity index is 398. The van der Waals surface area contributed by atoms with E-state index in [4.69, 9.17) is 9.84 Å². The fourth-order valence-electron chi connectivity index (χ4n) is 2.45. The molecule has 1 aliphatic heterocycles. The van der Waals surface area contributed by atoms with E-state index in [0.29, 0.717) is 12.6 Å². The summed E-state index contributed by atoms with van der Waals surface area (Å²) in [5, 5.41) is 12.4.